The largest absolute Gasteiger partial charge is 0.454 e. The lowest BCUT2D eigenvalue weighted by Crippen LogP contribution is -2.50. The molecule has 2 N–H and O–H groups in total. The number of fused-ring (bicyclic) bond motifs is 1. The van der Waals surface area contributed by atoms with Crippen molar-refractivity contribution in [3.63, 3.8) is 0 Å². The molecule has 3 heterocycles. The summed E-state index contributed by atoms with van der Waals surface area (Å²) in [5, 5.41) is 7.98. The van der Waals surface area contributed by atoms with Crippen LogP contribution in [-0.4, -0.2) is 51.6 Å². The number of nitrogens with zero attached hydrogens (tertiary/aromatic N) is 4. The number of rotatable bonds is 4. The highest BCUT2D eigenvalue weighted by Crippen LogP contribution is 2.40. The molecule has 0 atom stereocenters. The van der Waals surface area contributed by atoms with Gasteiger partial charge in [0.1, 0.15) is 0 Å². The number of primary amides is 1. The summed E-state index contributed by atoms with van der Waals surface area (Å²) in [7, 11) is 0. The zero-order chi connectivity index (χ0) is 18.3. The summed E-state index contributed by atoms with van der Waals surface area (Å²) >= 11 is 6.12. The third-order valence-electron chi connectivity index (χ3n) is 4.18. The number of hydrogen-bond acceptors (Lipinski definition) is 6. The molecular weight excluding hydrogens is 362 g/mol. The number of halogens is 1. The molecule has 1 saturated heterocycles. The monoisotopic (exact) mass is 375 g/mol. The van der Waals surface area contributed by atoms with Gasteiger partial charge < -0.3 is 20.1 Å². The predicted octanol–water partition coefficient (Wildman–Crippen LogP) is 0.856. The van der Waals surface area contributed by atoms with Gasteiger partial charge in [-0.05, 0) is 23.8 Å². The first-order valence-electron chi connectivity index (χ1n) is 7.79. The minimum atomic E-state index is -0.631. The quantitative estimate of drug-likeness (QED) is 0.793. The van der Waals surface area contributed by atoms with Gasteiger partial charge in [0.25, 0.3) is 5.91 Å². The lowest BCUT2D eigenvalue weighted by molar-refractivity contribution is -0.131. The van der Waals surface area contributed by atoms with E-state index in [0.717, 1.165) is 5.56 Å². The lowest BCUT2D eigenvalue weighted by Gasteiger charge is -2.38. The molecule has 4 rings (SSSR count). The first kappa shape index (κ1) is 16.4. The average Bonchev–Trinajstić information content (AvgIpc) is 3.21. The van der Waals surface area contributed by atoms with Gasteiger partial charge in [0.05, 0.1) is 17.3 Å². The number of benzene rings is 1. The van der Waals surface area contributed by atoms with Crippen LogP contribution in [0.3, 0.4) is 0 Å². The molecule has 2 aliphatic rings. The Morgan fingerprint density at radius 2 is 2.12 bits per heavy atom. The van der Waals surface area contributed by atoms with Gasteiger partial charge in [-0.25, -0.2) is 4.68 Å². The van der Waals surface area contributed by atoms with Crippen molar-refractivity contribution in [1.29, 1.82) is 0 Å². The Morgan fingerprint density at radius 3 is 2.85 bits per heavy atom. The molecule has 1 aromatic heterocycles. The van der Waals surface area contributed by atoms with Crippen molar-refractivity contribution in [2.75, 3.05) is 19.9 Å². The molecule has 0 bridgehead atoms. The van der Waals surface area contributed by atoms with Crippen LogP contribution >= 0.6 is 11.6 Å². The van der Waals surface area contributed by atoms with Gasteiger partial charge in [-0.3, -0.25) is 9.59 Å². The number of hydrogen-bond donors (Lipinski definition) is 1. The van der Waals surface area contributed by atoms with E-state index >= 15 is 0 Å². The number of carbonyl (C=O) groups excluding carboxylic acids is 2. The summed E-state index contributed by atoms with van der Waals surface area (Å²) in [6.07, 6.45) is 4.63. The Balaban J connectivity index is 1.37. The Morgan fingerprint density at radius 1 is 1.31 bits per heavy atom. The van der Waals surface area contributed by atoms with Crippen molar-refractivity contribution in [1.82, 2.24) is 19.9 Å². The standard InChI is InChI=1S/C16H14ClN5O4/c17-11-3-9(4-13-15(11)26-8-25-13)1-2-14(23)21-5-10(6-21)22-7-12(16(18)24)19-20-22/h1-4,7,10H,5-6,8H2,(H2,18,24)/b2-1+. The van der Waals surface area contributed by atoms with Crippen LogP contribution in [0.4, 0.5) is 0 Å². The molecule has 0 spiro atoms. The minimum absolute atomic E-state index is 0.0204. The maximum absolute atomic E-state index is 12.2. The fourth-order valence-corrected chi connectivity index (χ4v) is 3.00. The van der Waals surface area contributed by atoms with E-state index in [-0.39, 0.29) is 24.4 Å². The molecule has 0 saturated carbocycles. The second kappa shape index (κ2) is 6.34. The Bertz CT molecular complexity index is 919. The van der Waals surface area contributed by atoms with E-state index in [2.05, 4.69) is 10.3 Å². The summed E-state index contributed by atoms with van der Waals surface area (Å²) in [5.41, 5.74) is 6.00. The second-order valence-corrected chi connectivity index (χ2v) is 6.32. The molecule has 26 heavy (non-hydrogen) atoms. The fourth-order valence-electron chi connectivity index (χ4n) is 2.73. The first-order valence-corrected chi connectivity index (χ1v) is 8.17. The molecule has 9 nitrogen and oxygen atoms in total. The van der Waals surface area contributed by atoms with E-state index in [9.17, 15) is 9.59 Å². The van der Waals surface area contributed by atoms with Crippen LogP contribution in [0.25, 0.3) is 6.08 Å². The number of carbonyl (C=O) groups is 2. The van der Waals surface area contributed by atoms with Crippen molar-refractivity contribution in [2.24, 2.45) is 5.73 Å². The van der Waals surface area contributed by atoms with Crippen LogP contribution < -0.4 is 15.2 Å². The van der Waals surface area contributed by atoms with Crippen molar-refractivity contribution in [3.05, 3.63) is 40.7 Å². The molecule has 0 aliphatic carbocycles. The summed E-state index contributed by atoms with van der Waals surface area (Å²) in [4.78, 5) is 24.9. The van der Waals surface area contributed by atoms with Crippen LogP contribution in [0.2, 0.25) is 5.02 Å². The summed E-state index contributed by atoms with van der Waals surface area (Å²) in [6.45, 7) is 1.09. The minimum Gasteiger partial charge on any atom is -0.454 e. The van der Waals surface area contributed by atoms with Crippen LogP contribution in [0.5, 0.6) is 11.5 Å². The van der Waals surface area contributed by atoms with Gasteiger partial charge >= 0.3 is 0 Å². The summed E-state index contributed by atoms with van der Waals surface area (Å²) in [6, 6.07) is 3.45. The van der Waals surface area contributed by atoms with Gasteiger partial charge in [0.2, 0.25) is 12.7 Å². The molecule has 134 valence electrons. The molecule has 0 unspecified atom stereocenters. The predicted molar refractivity (Wildman–Crippen MR) is 90.8 cm³/mol. The van der Waals surface area contributed by atoms with Gasteiger partial charge in [-0.2, -0.15) is 0 Å². The van der Waals surface area contributed by atoms with Crippen molar-refractivity contribution in [2.45, 2.75) is 6.04 Å². The summed E-state index contributed by atoms with van der Waals surface area (Å²) < 4.78 is 12.1. The third kappa shape index (κ3) is 2.97. The Kier molecular flexibility index (Phi) is 4.00. The van der Waals surface area contributed by atoms with Gasteiger partial charge in [0.15, 0.2) is 17.2 Å². The zero-order valence-electron chi connectivity index (χ0n) is 13.5. The lowest BCUT2D eigenvalue weighted by atomic mass is 10.1. The topological polar surface area (TPSA) is 113 Å². The van der Waals surface area contributed by atoms with E-state index in [4.69, 9.17) is 26.8 Å². The van der Waals surface area contributed by atoms with E-state index in [0.29, 0.717) is 29.6 Å². The SMILES string of the molecule is NC(=O)c1cn(C2CN(C(=O)/C=C/c3cc(Cl)c4c(c3)OCO4)C2)nn1. The van der Waals surface area contributed by atoms with Crippen molar-refractivity contribution < 1.29 is 19.1 Å². The average molecular weight is 376 g/mol. The summed E-state index contributed by atoms with van der Waals surface area (Å²) in [5.74, 6) is 0.313. The molecule has 2 aliphatic heterocycles. The van der Waals surface area contributed by atoms with Crippen molar-refractivity contribution >= 4 is 29.5 Å². The smallest absolute Gasteiger partial charge is 0.270 e. The zero-order valence-corrected chi connectivity index (χ0v) is 14.2. The normalized spacial score (nSPS) is 16.1. The van der Waals surface area contributed by atoms with E-state index < -0.39 is 5.91 Å². The van der Waals surface area contributed by atoms with E-state index in [1.165, 1.54) is 12.3 Å². The van der Waals surface area contributed by atoms with Crippen LogP contribution in [0.1, 0.15) is 22.1 Å². The number of likely N-dealkylation sites (tertiary alicyclic amines) is 1. The van der Waals surface area contributed by atoms with Gasteiger partial charge in [0, 0.05) is 19.2 Å². The fraction of sp³-hybridized carbons (Fsp3) is 0.250. The maximum atomic E-state index is 12.2. The Labute approximate surface area is 152 Å². The number of aromatic nitrogens is 3. The van der Waals surface area contributed by atoms with E-state index in [1.54, 1.807) is 27.8 Å². The van der Waals surface area contributed by atoms with Gasteiger partial charge in [-0.15, -0.1) is 5.10 Å². The van der Waals surface area contributed by atoms with E-state index in [1.807, 2.05) is 0 Å². The number of ether oxygens (including phenoxy) is 2. The molecule has 2 aromatic rings. The highest BCUT2D eigenvalue weighted by atomic mass is 35.5. The second-order valence-electron chi connectivity index (χ2n) is 5.91. The molecule has 2 amide bonds. The van der Waals surface area contributed by atoms with Crippen LogP contribution in [-0.2, 0) is 4.79 Å². The van der Waals surface area contributed by atoms with Gasteiger partial charge in [-0.1, -0.05) is 16.8 Å². The molecular formula is C16H14ClN5O4. The number of amides is 2. The number of nitrogens with two attached hydrogens (primary N) is 1. The van der Waals surface area contributed by atoms with Crippen LogP contribution in [0.15, 0.2) is 24.4 Å². The Hall–Kier alpha value is -3.07. The first-order chi connectivity index (χ1) is 12.5. The molecule has 10 heteroatoms. The molecule has 0 radical (unpaired) electrons. The maximum Gasteiger partial charge on any atom is 0.270 e. The van der Waals surface area contributed by atoms with Crippen molar-refractivity contribution in [3.8, 4) is 11.5 Å². The molecule has 1 aromatic carbocycles. The third-order valence-corrected chi connectivity index (χ3v) is 4.46. The van der Waals surface area contributed by atoms with Crippen LogP contribution in [0, 0.1) is 0 Å². The molecule has 1 fully saturated rings. The highest BCUT2D eigenvalue weighted by molar-refractivity contribution is 6.32. The highest BCUT2D eigenvalue weighted by Gasteiger charge is 2.32.